The van der Waals surface area contributed by atoms with Gasteiger partial charge in [-0.3, -0.25) is 0 Å². The Morgan fingerprint density at radius 2 is 2.19 bits per heavy atom. The second-order valence-electron chi connectivity index (χ2n) is 3.44. The summed E-state index contributed by atoms with van der Waals surface area (Å²) in [7, 11) is 1.69. The number of aryl methyl sites for hydroxylation is 1. The first-order valence-corrected chi connectivity index (χ1v) is 5.90. The summed E-state index contributed by atoms with van der Waals surface area (Å²) in [6.07, 6.45) is 0. The van der Waals surface area contributed by atoms with Crippen molar-refractivity contribution in [1.29, 1.82) is 0 Å². The van der Waals surface area contributed by atoms with Crippen molar-refractivity contribution < 1.29 is 4.74 Å². The number of ether oxygens (including phenoxy) is 1. The second kappa shape index (κ2) is 4.99. The Morgan fingerprint density at radius 3 is 2.88 bits per heavy atom. The highest BCUT2D eigenvalue weighted by molar-refractivity contribution is 7.13. The van der Waals surface area contributed by atoms with Gasteiger partial charge in [0, 0.05) is 10.6 Å². The van der Waals surface area contributed by atoms with Crippen LogP contribution >= 0.6 is 11.3 Å². The van der Waals surface area contributed by atoms with E-state index in [-0.39, 0.29) is 0 Å². The molecule has 0 saturated heterocycles. The van der Waals surface area contributed by atoms with Crippen molar-refractivity contribution in [1.82, 2.24) is 4.98 Å². The molecule has 16 heavy (non-hydrogen) atoms. The van der Waals surface area contributed by atoms with Gasteiger partial charge in [-0.1, -0.05) is 6.07 Å². The monoisotopic (exact) mass is 234 g/mol. The van der Waals surface area contributed by atoms with E-state index in [2.05, 4.69) is 16.4 Å². The van der Waals surface area contributed by atoms with Gasteiger partial charge in [-0.2, -0.15) is 0 Å². The van der Waals surface area contributed by atoms with Gasteiger partial charge < -0.3 is 10.1 Å². The lowest BCUT2D eigenvalue weighted by atomic mass is 10.3. The number of rotatable bonds is 4. The van der Waals surface area contributed by atoms with E-state index < -0.39 is 0 Å². The van der Waals surface area contributed by atoms with Crippen molar-refractivity contribution in [2.24, 2.45) is 0 Å². The summed E-state index contributed by atoms with van der Waals surface area (Å²) in [5.41, 5.74) is 1.02. The largest absolute Gasteiger partial charge is 0.487 e. The molecule has 2 aromatic rings. The van der Waals surface area contributed by atoms with Crippen LogP contribution in [0.5, 0.6) is 5.06 Å². The summed E-state index contributed by atoms with van der Waals surface area (Å²) in [5.74, 6) is 0.910. The van der Waals surface area contributed by atoms with Gasteiger partial charge in [-0.05, 0) is 31.2 Å². The molecule has 0 fully saturated rings. The average molecular weight is 234 g/mol. The number of aromatic nitrogens is 1. The molecular weight excluding hydrogens is 220 g/mol. The van der Waals surface area contributed by atoms with Crippen molar-refractivity contribution >= 4 is 17.2 Å². The SMILES string of the molecule is COc1ccc(CNc2cccc(C)n2)s1. The first-order valence-electron chi connectivity index (χ1n) is 5.08. The molecule has 3 nitrogen and oxygen atoms in total. The quantitative estimate of drug-likeness (QED) is 0.882. The maximum Gasteiger partial charge on any atom is 0.173 e. The summed E-state index contributed by atoms with van der Waals surface area (Å²) in [6.45, 7) is 2.77. The van der Waals surface area contributed by atoms with Gasteiger partial charge >= 0.3 is 0 Å². The predicted molar refractivity (Wildman–Crippen MR) is 67.2 cm³/mol. The minimum Gasteiger partial charge on any atom is -0.487 e. The Hall–Kier alpha value is -1.55. The normalized spacial score (nSPS) is 10.1. The molecule has 0 aliphatic carbocycles. The van der Waals surface area contributed by atoms with E-state index in [9.17, 15) is 0 Å². The zero-order valence-corrected chi connectivity index (χ0v) is 10.2. The topological polar surface area (TPSA) is 34.1 Å². The van der Waals surface area contributed by atoms with E-state index in [0.717, 1.165) is 23.1 Å². The molecule has 2 heterocycles. The molecule has 2 rings (SSSR count). The molecule has 0 spiro atoms. The Morgan fingerprint density at radius 1 is 1.31 bits per heavy atom. The summed E-state index contributed by atoms with van der Waals surface area (Å²) in [4.78, 5) is 5.61. The third kappa shape index (κ3) is 2.73. The highest BCUT2D eigenvalue weighted by atomic mass is 32.1. The van der Waals surface area contributed by atoms with E-state index in [4.69, 9.17) is 4.74 Å². The summed E-state index contributed by atoms with van der Waals surface area (Å²) in [6, 6.07) is 9.99. The number of pyridine rings is 1. The van der Waals surface area contributed by atoms with Crippen molar-refractivity contribution in [2.45, 2.75) is 13.5 Å². The molecule has 0 bridgehead atoms. The van der Waals surface area contributed by atoms with Crippen LogP contribution < -0.4 is 10.1 Å². The molecular formula is C12H14N2OS. The van der Waals surface area contributed by atoms with Crippen molar-refractivity contribution in [3.63, 3.8) is 0 Å². The van der Waals surface area contributed by atoms with Crippen LogP contribution in [0.25, 0.3) is 0 Å². The van der Waals surface area contributed by atoms with Crippen LogP contribution in [-0.2, 0) is 6.54 Å². The first kappa shape index (κ1) is 11.0. The molecule has 0 radical (unpaired) electrons. The van der Waals surface area contributed by atoms with Crippen molar-refractivity contribution in [3.8, 4) is 5.06 Å². The maximum absolute atomic E-state index is 5.14. The molecule has 0 amide bonds. The smallest absolute Gasteiger partial charge is 0.173 e. The number of nitrogens with zero attached hydrogens (tertiary/aromatic N) is 1. The van der Waals surface area contributed by atoms with E-state index in [1.807, 2.05) is 31.2 Å². The van der Waals surface area contributed by atoms with E-state index in [0.29, 0.717) is 0 Å². The van der Waals surface area contributed by atoms with Crippen molar-refractivity contribution in [2.75, 3.05) is 12.4 Å². The van der Waals surface area contributed by atoms with Gasteiger partial charge in [0.25, 0.3) is 0 Å². The molecule has 0 aliphatic heterocycles. The number of methoxy groups -OCH3 is 1. The number of hydrogen-bond acceptors (Lipinski definition) is 4. The maximum atomic E-state index is 5.14. The van der Waals surface area contributed by atoms with Gasteiger partial charge in [0.2, 0.25) is 0 Å². The molecule has 0 atom stereocenters. The fourth-order valence-electron chi connectivity index (χ4n) is 1.38. The van der Waals surface area contributed by atoms with Crippen LogP contribution in [0.3, 0.4) is 0 Å². The number of hydrogen-bond donors (Lipinski definition) is 1. The van der Waals surface area contributed by atoms with Crippen LogP contribution in [0.2, 0.25) is 0 Å². The molecule has 0 aromatic carbocycles. The lowest BCUT2D eigenvalue weighted by molar-refractivity contribution is 0.427. The van der Waals surface area contributed by atoms with Gasteiger partial charge in [0.15, 0.2) is 5.06 Å². The van der Waals surface area contributed by atoms with Crippen LogP contribution in [0, 0.1) is 6.92 Å². The van der Waals surface area contributed by atoms with E-state index in [1.54, 1.807) is 18.4 Å². The Labute approximate surface area is 99.1 Å². The number of anilines is 1. The molecule has 4 heteroatoms. The Bertz CT molecular complexity index is 468. The fraction of sp³-hybridized carbons (Fsp3) is 0.250. The summed E-state index contributed by atoms with van der Waals surface area (Å²) in [5, 5.41) is 4.22. The van der Waals surface area contributed by atoms with Crippen LogP contribution in [0.15, 0.2) is 30.3 Å². The van der Waals surface area contributed by atoms with Gasteiger partial charge in [0.1, 0.15) is 5.82 Å². The van der Waals surface area contributed by atoms with Gasteiger partial charge in [0.05, 0.1) is 13.7 Å². The highest BCUT2D eigenvalue weighted by Crippen LogP contribution is 2.24. The third-order valence-corrected chi connectivity index (χ3v) is 3.22. The van der Waals surface area contributed by atoms with Crippen molar-refractivity contribution in [3.05, 3.63) is 40.9 Å². The Balaban J connectivity index is 1.96. The molecule has 0 unspecified atom stereocenters. The second-order valence-corrected chi connectivity index (χ2v) is 4.57. The zero-order valence-electron chi connectivity index (χ0n) is 9.36. The standard InChI is InChI=1S/C12H14N2OS/c1-9-4-3-5-11(14-9)13-8-10-6-7-12(15-2)16-10/h3-7H,8H2,1-2H3,(H,13,14). The molecule has 0 aliphatic rings. The minimum atomic E-state index is 0.782. The van der Waals surface area contributed by atoms with E-state index >= 15 is 0 Å². The molecule has 2 aromatic heterocycles. The van der Waals surface area contributed by atoms with Crippen LogP contribution in [-0.4, -0.2) is 12.1 Å². The molecule has 1 N–H and O–H groups in total. The third-order valence-electron chi connectivity index (χ3n) is 2.17. The van der Waals surface area contributed by atoms with E-state index in [1.165, 1.54) is 4.88 Å². The van der Waals surface area contributed by atoms with Crippen LogP contribution in [0.1, 0.15) is 10.6 Å². The summed E-state index contributed by atoms with van der Waals surface area (Å²) >= 11 is 1.64. The van der Waals surface area contributed by atoms with Crippen LogP contribution in [0.4, 0.5) is 5.82 Å². The first-order chi connectivity index (χ1) is 7.78. The predicted octanol–water partition coefficient (Wildman–Crippen LogP) is 3.07. The molecule has 84 valence electrons. The zero-order chi connectivity index (χ0) is 11.4. The fourth-order valence-corrected chi connectivity index (χ4v) is 2.14. The lowest BCUT2D eigenvalue weighted by Crippen LogP contribution is -1.99. The lowest BCUT2D eigenvalue weighted by Gasteiger charge is -2.03. The number of nitrogens with one attached hydrogen (secondary N) is 1. The average Bonchev–Trinajstić information content (AvgIpc) is 2.74. The minimum absolute atomic E-state index is 0.782. The highest BCUT2D eigenvalue weighted by Gasteiger charge is 2.00. The van der Waals surface area contributed by atoms with Gasteiger partial charge in [-0.15, -0.1) is 11.3 Å². The Kier molecular flexibility index (Phi) is 3.41. The summed E-state index contributed by atoms with van der Waals surface area (Å²) < 4.78 is 5.14. The van der Waals surface area contributed by atoms with Gasteiger partial charge in [-0.25, -0.2) is 4.98 Å². The number of thiophene rings is 1. The molecule has 0 saturated carbocycles.